The standard InChI is InChI=1S/C26H29N3O3/c1-28(2)20-7-10-29(11-8-20)24-6-5-18(16-27-24)25-21-15-23(31-4)22(30-3)14-19(21)13-17-9-12-32-26(17)25/h5-6,9,12-16,20H,7-8,10-11H2,1-4H3. The Morgan fingerprint density at radius 3 is 2.38 bits per heavy atom. The summed E-state index contributed by atoms with van der Waals surface area (Å²) < 4.78 is 17.0. The molecule has 2 aromatic carbocycles. The van der Waals surface area contributed by atoms with E-state index in [0.717, 1.165) is 64.6 Å². The van der Waals surface area contributed by atoms with Crippen LogP contribution in [-0.2, 0) is 0 Å². The number of methoxy groups -OCH3 is 2. The van der Waals surface area contributed by atoms with Gasteiger partial charge in [-0.2, -0.15) is 0 Å². The number of rotatable bonds is 5. The summed E-state index contributed by atoms with van der Waals surface area (Å²) in [5.74, 6) is 2.44. The van der Waals surface area contributed by atoms with Gasteiger partial charge in [0.05, 0.1) is 20.5 Å². The fourth-order valence-corrected chi connectivity index (χ4v) is 4.78. The number of aromatic nitrogens is 1. The lowest BCUT2D eigenvalue weighted by Gasteiger charge is -2.35. The molecular weight excluding hydrogens is 402 g/mol. The topological polar surface area (TPSA) is 51.0 Å². The quantitative estimate of drug-likeness (QED) is 0.433. The molecule has 1 aliphatic rings. The molecule has 6 nitrogen and oxygen atoms in total. The maximum Gasteiger partial charge on any atom is 0.161 e. The van der Waals surface area contributed by atoms with Crippen molar-refractivity contribution in [1.29, 1.82) is 0 Å². The number of pyridine rings is 1. The van der Waals surface area contributed by atoms with E-state index in [4.69, 9.17) is 18.9 Å². The van der Waals surface area contributed by atoms with E-state index in [2.05, 4.69) is 42.1 Å². The fourth-order valence-electron chi connectivity index (χ4n) is 4.78. The Morgan fingerprint density at radius 1 is 0.969 bits per heavy atom. The molecule has 0 aliphatic carbocycles. The third kappa shape index (κ3) is 3.54. The second kappa shape index (κ2) is 8.36. The van der Waals surface area contributed by atoms with E-state index >= 15 is 0 Å². The first-order valence-corrected chi connectivity index (χ1v) is 11.0. The summed E-state index contributed by atoms with van der Waals surface area (Å²) >= 11 is 0. The molecule has 1 saturated heterocycles. The SMILES string of the molecule is COc1cc2cc3ccoc3c(-c3ccc(N4CCC(N(C)C)CC4)nc3)c2cc1OC. The normalized spacial score (nSPS) is 15.1. The van der Waals surface area contributed by atoms with Crippen molar-refractivity contribution < 1.29 is 13.9 Å². The van der Waals surface area contributed by atoms with Crippen LogP contribution in [0.4, 0.5) is 5.82 Å². The fraction of sp³-hybridized carbons (Fsp3) is 0.346. The zero-order chi connectivity index (χ0) is 22.2. The highest BCUT2D eigenvalue weighted by molar-refractivity contribution is 6.11. The van der Waals surface area contributed by atoms with Crippen molar-refractivity contribution >= 4 is 27.6 Å². The molecule has 4 aromatic rings. The number of hydrogen-bond acceptors (Lipinski definition) is 6. The molecule has 0 saturated carbocycles. The van der Waals surface area contributed by atoms with Gasteiger partial charge in [-0.25, -0.2) is 4.98 Å². The molecule has 5 rings (SSSR count). The van der Waals surface area contributed by atoms with Crippen molar-refractivity contribution in [1.82, 2.24) is 9.88 Å². The van der Waals surface area contributed by atoms with Crippen LogP contribution in [0.2, 0.25) is 0 Å². The molecule has 1 fully saturated rings. The Bertz CT molecular complexity index is 1240. The first-order valence-electron chi connectivity index (χ1n) is 11.0. The molecule has 32 heavy (non-hydrogen) atoms. The summed E-state index contributed by atoms with van der Waals surface area (Å²) in [5.41, 5.74) is 2.90. The number of piperidine rings is 1. The summed E-state index contributed by atoms with van der Waals surface area (Å²) in [6.07, 6.45) is 6.02. The maximum absolute atomic E-state index is 5.91. The van der Waals surface area contributed by atoms with Crippen molar-refractivity contribution in [3.8, 4) is 22.6 Å². The van der Waals surface area contributed by atoms with E-state index in [0.29, 0.717) is 17.5 Å². The monoisotopic (exact) mass is 431 g/mol. The zero-order valence-corrected chi connectivity index (χ0v) is 19.1. The Labute approximate surface area is 188 Å². The van der Waals surface area contributed by atoms with Crippen molar-refractivity contribution in [3.63, 3.8) is 0 Å². The van der Waals surface area contributed by atoms with Crippen molar-refractivity contribution in [2.24, 2.45) is 0 Å². The van der Waals surface area contributed by atoms with Gasteiger partial charge in [0.1, 0.15) is 11.4 Å². The highest BCUT2D eigenvalue weighted by atomic mass is 16.5. The highest BCUT2D eigenvalue weighted by Crippen LogP contribution is 2.41. The van der Waals surface area contributed by atoms with Crippen LogP contribution in [-0.4, -0.2) is 57.3 Å². The molecule has 0 radical (unpaired) electrons. The molecule has 2 aromatic heterocycles. The smallest absolute Gasteiger partial charge is 0.161 e. The van der Waals surface area contributed by atoms with E-state index < -0.39 is 0 Å². The number of hydrogen-bond donors (Lipinski definition) is 0. The van der Waals surface area contributed by atoms with Crippen LogP contribution in [0.1, 0.15) is 12.8 Å². The molecule has 0 unspecified atom stereocenters. The number of fused-ring (bicyclic) bond motifs is 2. The summed E-state index contributed by atoms with van der Waals surface area (Å²) in [5, 5.41) is 3.17. The highest BCUT2D eigenvalue weighted by Gasteiger charge is 2.22. The van der Waals surface area contributed by atoms with Crippen molar-refractivity contribution in [2.45, 2.75) is 18.9 Å². The van der Waals surface area contributed by atoms with Gasteiger partial charge < -0.3 is 23.7 Å². The predicted octanol–water partition coefficient (Wildman–Crippen LogP) is 5.20. The van der Waals surface area contributed by atoms with Crippen molar-refractivity contribution in [3.05, 3.63) is 48.9 Å². The molecule has 3 heterocycles. The molecule has 166 valence electrons. The van der Waals surface area contributed by atoms with Crippen LogP contribution >= 0.6 is 0 Å². The Morgan fingerprint density at radius 2 is 1.72 bits per heavy atom. The maximum atomic E-state index is 5.91. The molecular formula is C26H29N3O3. The molecule has 0 amide bonds. The number of nitrogens with zero attached hydrogens (tertiary/aromatic N) is 3. The lowest BCUT2D eigenvalue weighted by molar-refractivity contribution is 0.249. The van der Waals surface area contributed by atoms with Gasteiger partial charge in [-0.3, -0.25) is 0 Å². The van der Waals surface area contributed by atoms with Gasteiger partial charge >= 0.3 is 0 Å². The van der Waals surface area contributed by atoms with Gasteiger partial charge in [-0.05, 0) is 74.1 Å². The van der Waals surface area contributed by atoms with Crippen LogP contribution in [0.3, 0.4) is 0 Å². The largest absolute Gasteiger partial charge is 0.493 e. The van der Waals surface area contributed by atoms with Crippen LogP contribution in [0.15, 0.2) is 53.3 Å². The van der Waals surface area contributed by atoms with Crippen LogP contribution in [0.5, 0.6) is 11.5 Å². The van der Waals surface area contributed by atoms with Gasteiger partial charge in [0.25, 0.3) is 0 Å². The average Bonchev–Trinajstić information content (AvgIpc) is 3.30. The first kappa shape index (κ1) is 20.6. The Kier molecular flexibility index (Phi) is 5.39. The van der Waals surface area contributed by atoms with Gasteiger partial charge in [0, 0.05) is 41.8 Å². The lowest BCUT2D eigenvalue weighted by atomic mass is 9.96. The van der Waals surface area contributed by atoms with E-state index in [-0.39, 0.29) is 0 Å². The molecule has 6 heteroatoms. The van der Waals surface area contributed by atoms with Gasteiger partial charge in [0.2, 0.25) is 0 Å². The van der Waals surface area contributed by atoms with E-state index in [9.17, 15) is 0 Å². The number of ether oxygens (including phenoxy) is 2. The van der Waals surface area contributed by atoms with Gasteiger partial charge in [-0.15, -0.1) is 0 Å². The van der Waals surface area contributed by atoms with Crippen molar-refractivity contribution in [2.75, 3.05) is 46.3 Å². The molecule has 0 atom stereocenters. The van der Waals surface area contributed by atoms with E-state index in [1.807, 2.05) is 24.4 Å². The van der Waals surface area contributed by atoms with Gasteiger partial charge in [0.15, 0.2) is 11.5 Å². The summed E-state index contributed by atoms with van der Waals surface area (Å²) in [7, 11) is 7.64. The minimum absolute atomic E-state index is 0.653. The van der Waals surface area contributed by atoms with Gasteiger partial charge in [-0.1, -0.05) is 0 Å². The second-order valence-electron chi connectivity index (χ2n) is 8.61. The minimum Gasteiger partial charge on any atom is -0.493 e. The minimum atomic E-state index is 0.653. The Balaban J connectivity index is 1.55. The zero-order valence-electron chi connectivity index (χ0n) is 19.1. The third-order valence-corrected chi connectivity index (χ3v) is 6.61. The molecule has 1 aliphatic heterocycles. The Hall–Kier alpha value is -3.25. The summed E-state index contributed by atoms with van der Waals surface area (Å²) in [6, 6.07) is 13.1. The predicted molar refractivity (Wildman–Crippen MR) is 129 cm³/mol. The number of furan rings is 1. The van der Waals surface area contributed by atoms with E-state index in [1.54, 1.807) is 20.5 Å². The lowest BCUT2D eigenvalue weighted by Crippen LogP contribution is -2.42. The van der Waals surface area contributed by atoms with Crippen LogP contribution in [0.25, 0.3) is 32.9 Å². The summed E-state index contributed by atoms with van der Waals surface area (Å²) in [4.78, 5) is 9.54. The van der Waals surface area contributed by atoms with Crippen LogP contribution in [0, 0.1) is 0 Å². The average molecular weight is 432 g/mol. The molecule has 0 bridgehead atoms. The second-order valence-corrected chi connectivity index (χ2v) is 8.61. The summed E-state index contributed by atoms with van der Waals surface area (Å²) in [6.45, 7) is 2.06. The number of anilines is 1. The molecule has 0 N–H and O–H groups in total. The first-order chi connectivity index (χ1) is 15.6. The van der Waals surface area contributed by atoms with E-state index in [1.165, 1.54) is 0 Å². The molecule has 0 spiro atoms. The third-order valence-electron chi connectivity index (χ3n) is 6.61. The number of benzene rings is 2. The van der Waals surface area contributed by atoms with Crippen LogP contribution < -0.4 is 14.4 Å².